The fourth-order valence-corrected chi connectivity index (χ4v) is 3.63. The van der Waals surface area contributed by atoms with E-state index in [2.05, 4.69) is 19.1 Å². The Morgan fingerprint density at radius 2 is 1.93 bits per heavy atom. The van der Waals surface area contributed by atoms with Crippen molar-refractivity contribution in [3.05, 3.63) is 24.3 Å². The molecule has 0 aromatic carbocycles. The summed E-state index contributed by atoms with van der Waals surface area (Å²) in [5, 5.41) is 18.6. The summed E-state index contributed by atoms with van der Waals surface area (Å²) >= 11 is 0. The Morgan fingerprint density at radius 1 is 1.13 bits per heavy atom. The van der Waals surface area contributed by atoms with Gasteiger partial charge in [-0.3, -0.25) is 14.4 Å². The number of allylic oxidation sites excluding steroid dienone is 4. The van der Waals surface area contributed by atoms with E-state index in [1.807, 2.05) is 6.08 Å². The van der Waals surface area contributed by atoms with Gasteiger partial charge in [-0.1, -0.05) is 44.4 Å². The van der Waals surface area contributed by atoms with Gasteiger partial charge in [0.25, 0.3) is 0 Å². The molecule has 2 N–H and O–H groups in total. The van der Waals surface area contributed by atoms with E-state index >= 15 is 0 Å². The fourth-order valence-electron chi connectivity index (χ4n) is 3.63. The fraction of sp³-hybridized carbons (Fsp3) is 0.708. The van der Waals surface area contributed by atoms with Crippen molar-refractivity contribution in [2.24, 2.45) is 11.8 Å². The Kier molecular flexibility index (Phi) is 13.8. The highest BCUT2D eigenvalue weighted by molar-refractivity contribution is 5.94. The quantitative estimate of drug-likeness (QED) is 0.202. The van der Waals surface area contributed by atoms with Crippen LogP contribution in [-0.2, 0) is 19.1 Å². The first-order valence-corrected chi connectivity index (χ1v) is 11.4. The third-order valence-corrected chi connectivity index (χ3v) is 5.49. The third kappa shape index (κ3) is 11.9. The largest absolute Gasteiger partial charge is 0.481 e. The number of carbonyl (C=O) groups excluding carboxylic acids is 2. The number of aliphatic hydroxyl groups excluding tert-OH is 1. The lowest BCUT2D eigenvalue weighted by atomic mass is 9.86. The molecule has 6 nitrogen and oxygen atoms in total. The molecule has 1 rings (SSSR count). The number of carboxylic acids is 1. The van der Waals surface area contributed by atoms with E-state index in [4.69, 9.17) is 9.84 Å². The van der Waals surface area contributed by atoms with Crippen molar-refractivity contribution in [3.63, 3.8) is 0 Å². The van der Waals surface area contributed by atoms with Crippen LogP contribution in [0.2, 0.25) is 0 Å². The molecule has 1 aliphatic carbocycles. The minimum Gasteiger partial charge on any atom is -0.481 e. The number of ketones is 1. The van der Waals surface area contributed by atoms with Gasteiger partial charge in [-0.2, -0.15) is 0 Å². The minimum atomic E-state index is -1.00. The van der Waals surface area contributed by atoms with Gasteiger partial charge in [-0.05, 0) is 56.9 Å². The van der Waals surface area contributed by atoms with E-state index in [-0.39, 0.29) is 36.6 Å². The second kappa shape index (κ2) is 15.8. The highest BCUT2D eigenvalue weighted by Gasteiger charge is 2.29. The van der Waals surface area contributed by atoms with E-state index in [1.54, 1.807) is 6.08 Å². The number of hydrogen-bond donors (Lipinski definition) is 2. The predicted octanol–water partition coefficient (Wildman–Crippen LogP) is 4.60. The van der Waals surface area contributed by atoms with Gasteiger partial charge in [0.1, 0.15) is 0 Å². The second-order valence-electron chi connectivity index (χ2n) is 8.08. The van der Waals surface area contributed by atoms with Gasteiger partial charge in [-0.15, -0.1) is 0 Å². The molecule has 0 unspecified atom stereocenters. The van der Waals surface area contributed by atoms with Gasteiger partial charge < -0.3 is 14.9 Å². The van der Waals surface area contributed by atoms with E-state index in [0.29, 0.717) is 13.0 Å². The first-order valence-electron chi connectivity index (χ1n) is 11.4. The highest BCUT2D eigenvalue weighted by Crippen LogP contribution is 2.30. The number of carboxylic acid groups (broad SMARTS) is 1. The maximum atomic E-state index is 12.1. The first kappa shape index (κ1) is 26.1. The van der Waals surface area contributed by atoms with Crippen LogP contribution in [-0.4, -0.2) is 40.6 Å². The normalized spacial score (nSPS) is 19.5. The van der Waals surface area contributed by atoms with E-state index in [1.165, 1.54) is 0 Å². The molecule has 1 aliphatic rings. The molecule has 0 saturated heterocycles. The van der Waals surface area contributed by atoms with Crippen molar-refractivity contribution in [1.29, 1.82) is 0 Å². The standard InChI is InChI=1S/C24H38O6/c1-2-3-7-10-20(25)14-12-19-13-15-22(26)21(19)11-8-5-4-6-9-18-30-24(29)17-16-23(27)28/h5,8,13,15,19-21,25H,2-4,6-7,9-12,14,16-18H2,1H3,(H,27,28)/b8-5-/t19-,20-,21+/m0/s1. The van der Waals surface area contributed by atoms with Crippen molar-refractivity contribution in [1.82, 2.24) is 0 Å². The van der Waals surface area contributed by atoms with Crippen LogP contribution >= 0.6 is 0 Å². The molecular weight excluding hydrogens is 384 g/mol. The Bertz CT molecular complexity index is 580. The lowest BCUT2D eigenvalue weighted by molar-refractivity contribution is -0.147. The molecule has 0 radical (unpaired) electrons. The number of aliphatic carboxylic acids is 1. The number of carbonyl (C=O) groups is 3. The van der Waals surface area contributed by atoms with Crippen molar-refractivity contribution in [2.45, 2.75) is 90.1 Å². The Balaban J connectivity index is 2.16. The summed E-state index contributed by atoms with van der Waals surface area (Å²) in [5.74, 6) is -1.09. The van der Waals surface area contributed by atoms with E-state index in [0.717, 1.165) is 57.8 Å². The van der Waals surface area contributed by atoms with Crippen LogP contribution in [0.1, 0.15) is 84.0 Å². The molecule has 6 heteroatoms. The van der Waals surface area contributed by atoms with Crippen molar-refractivity contribution < 1.29 is 29.3 Å². The summed E-state index contributed by atoms with van der Waals surface area (Å²) in [4.78, 5) is 33.8. The van der Waals surface area contributed by atoms with Crippen LogP contribution in [0.3, 0.4) is 0 Å². The molecule has 3 atom stereocenters. The molecule has 0 spiro atoms. The average Bonchev–Trinajstić information content (AvgIpc) is 3.06. The monoisotopic (exact) mass is 422 g/mol. The number of hydrogen-bond acceptors (Lipinski definition) is 5. The Hall–Kier alpha value is -1.95. The summed E-state index contributed by atoms with van der Waals surface area (Å²) in [6.07, 6.45) is 16.2. The molecule has 0 bridgehead atoms. The highest BCUT2D eigenvalue weighted by atomic mass is 16.5. The zero-order valence-electron chi connectivity index (χ0n) is 18.3. The molecule has 0 fully saturated rings. The molecule has 0 amide bonds. The molecular formula is C24H38O6. The maximum Gasteiger partial charge on any atom is 0.306 e. The van der Waals surface area contributed by atoms with Crippen molar-refractivity contribution in [2.75, 3.05) is 6.61 Å². The molecule has 0 aliphatic heterocycles. The van der Waals surface area contributed by atoms with Crippen molar-refractivity contribution >= 4 is 17.7 Å². The molecule has 0 aromatic rings. The number of rotatable bonds is 17. The summed E-state index contributed by atoms with van der Waals surface area (Å²) in [6, 6.07) is 0. The molecule has 0 heterocycles. The van der Waals surface area contributed by atoms with Crippen LogP contribution in [0.25, 0.3) is 0 Å². The zero-order valence-corrected chi connectivity index (χ0v) is 18.3. The number of unbranched alkanes of at least 4 members (excludes halogenated alkanes) is 4. The van der Waals surface area contributed by atoms with E-state index < -0.39 is 11.9 Å². The molecule has 0 saturated carbocycles. The van der Waals surface area contributed by atoms with Crippen LogP contribution in [0.5, 0.6) is 0 Å². The topological polar surface area (TPSA) is 101 Å². The lowest BCUT2D eigenvalue weighted by Gasteiger charge is -2.18. The second-order valence-corrected chi connectivity index (χ2v) is 8.08. The average molecular weight is 423 g/mol. The van der Waals surface area contributed by atoms with E-state index in [9.17, 15) is 19.5 Å². The minimum absolute atomic E-state index is 0.0146. The van der Waals surface area contributed by atoms with Crippen LogP contribution < -0.4 is 0 Å². The molecule has 30 heavy (non-hydrogen) atoms. The number of aliphatic hydroxyl groups is 1. The third-order valence-electron chi connectivity index (χ3n) is 5.49. The summed E-state index contributed by atoms with van der Waals surface area (Å²) in [5.41, 5.74) is 0. The lowest BCUT2D eigenvalue weighted by Crippen LogP contribution is -2.17. The molecule has 170 valence electrons. The first-order chi connectivity index (χ1) is 14.4. The van der Waals surface area contributed by atoms with Gasteiger partial charge in [0.2, 0.25) is 0 Å². The summed E-state index contributed by atoms with van der Waals surface area (Å²) in [7, 11) is 0. The van der Waals surface area contributed by atoms with Crippen LogP contribution in [0.4, 0.5) is 0 Å². The van der Waals surface area contributed by atoms with Gasteiger partial charge in [-0.25, -0.2) is 0 Å². The SMILES string of the molecule is CCCCC[C@H](O)CC[C@H]1C=CC(=O)[C@@H]1C/C=C\CCCCOC(=O)CCC(=O)O. The Morgan fingerprint density at radius 3 is 2.67 bits per heavy atom. The van der Waals surface area contributed by atoms with Crippen LogP contribution in [0.15, 0.2) is 24.3 Å². The number of esters is 1. The zero-order chi connectivity index (χ0) is 22.2. The predicted molar refractivity (Wildman–Crippen MR) is 116 cm³/mol. The summed E-state index contributed by atoms with van der Waals surface area (Å²) in [6.45, 7) is 2.46. The van der Waals surface area contributed by atoms with Gasteiger partial charge in [0, 0.05) is 5.92 Å². The van der Waals surface area contributed by atoms with Gasteiger partial charge in [0.15, 0.2) is 5.78 Å². The van der Waals surface area contributed by atoms with Crippen LogP contribution in [0, 0.1) is 11.8 Å². The molecule has 0 aromatic heterocycles. The van der Waals surface area contributed by atoms with Gasteiger partial charge >= 0.3 is 11.9 Å². The van der Waals surface area contributed by atoms with Crippen molar-refractivity contribution in [3.8, 4) is 0 Å². The Labute approximate surface area is 180 Å². The maximum absolute atomic E-state index is 12.1. The number of ether oxygens (including phenoxy) is 1. The smallest absolute Gasteiger partial charge is 0.306 e. The summed E-state index contributed by atoms with van der Waals surface area (Å²) < 4.78 is 4.99. The van der Waals surface area contributed by atoms with Gasteiger partial charge in [0.05, 0.1) is 25.6 Å².